The molecule has 2 N–H and O–H groups in total. The van der Waals surface area contributed by atoms with Gasteiger partial charge in [0.25, 0.3) is 0 Å². The van der Waals surface area contributed by atoms with Gasteiger partial charge in [-0.25, -0.2) is 0 Å². The second-order valence-electron chi connectivity index (χ2n) is 6.99. The third-order valence-electron chi connectivity index (χ3n) is 4.05. The van der Waals surface area contributed by atoms with Crippen LogP contribution in [0, 0.1) is 5.92 Å². The summed E-state index contributed by atoms with van der Waals surface area (Å²) < 4.78 is 0. The first-order valence-electron chi connectivity index (χ1n) is 8.52. The topological polar surface area (TPSA) is 61.4 Å². The normalized spacial score (nSPS) is 12.3. The van der Waals surface area contributed by atoms with Crippen LogP contribution in [0.15, 0.2) is 24.3 Å². The van der Waals surface area contributed by atoms with Crippen molar-refractivity contribution in [2.75, 3.05) is 27.2 Å². The van der Waals surface area contributed by atoms with Gasteiger partial charge >= 0.3 is 0 Å². The van der Waals surface area contributed by atoms with E-state index >= 15 is 0 Å². The lowest BCUT2D eigenvalue weighted by atomic mass is 9.93. The fourth-order valence-electron chi connectivity index (χ4n) is 2.42. The number of benzene rings is 1. The molecule has 2 amide bonds. The Balaban J connectivity index is 2.60. The van der Waals surface area contributed by atoms with Gasteiger partial charge in [-0.2, -0.15) is 0 Å². The Labute approximate surface area is 145 Å². The number of nitrogens with one attached hydrogen (secondary N) is 2. The van der Waals surface area contributed by atoms with Crippen LogP contribution in [0.4, 0.5) is 0 Å². The Morgan fingerprint density at radius 2 is 1.50 bits per heavy atom. The van der Waals surface area contributed by atoms with Gasteiger partial charge in [-0.3, -0.25) is 9.59 Å². The molecule has 5 nitrogen and oxygen atoms in total. The monoisotopic (exact) mass is 333 g/mol. The van der Waals surface area contributed by atoms with Crippen molar-refractivity contribution < 1.29 is 9.59 Å². The summed E-state index contributed by atoms with van der Waals surface area (Å²) in [4.78, 5) is 24.9. The molecule has 0 bridgehead atoms. The largest absolute Gasteiger partial charge is 0.347 e. The van der Waals surface area contributed by atoms with Crippen LogP contribution in [0.2, 0.25) is 0 Å². The number of nitrogens with zero attached hydrogens (tertiary/aromatic N) is 1. The molecule has 0 heterocycles. The zero-order valence-electron chi connectivity index (χ0n) is 15.7. The van der Waals surface area contributed by atoms with Crippen molar-refractivity contribution in [3.8, 4) is 0 Å². The molecule has 1 atom stereocenters. The Kier molecular flexibility index (Phi) is 7.92. The molecule has 0 saturated heterocycles. The maximum atomic E-state index is 11.9. The smallest absolute Gasteiger partial charge is 0.241 e. The van der Waals surface area contributed by atoms with Gasteiger partial charge in [0, 0.05) is 20.1 Å². The van der Waals surface area contributed by atoms with E-state index in [2.05, 4.69) is 62.6 Å². The first kappa shape index (κ1) is 20.2. The van der Waals surface area contributed by atoms with Crippen LogP contribution in [0.5, 0.6) is 0 Å². The van der Waals surface area contributed by atoms with E-state index in [-0.39, 0.29) is 30.9 Å². The van der Waals surface area contributed by atoms with E-state index in [1.165, 1.54) is 16.0 Å². The van der Waals surface area contributed by atoms with Gasteiger partial charge in [0.05, 0.1) is 13.1 Å². The molecule has 0 aliphatic rings. The molecule has 0 unspecified atom stereocenters. The second-order valence-corrected chi connectivity index (χ2v) is 6.99. The molecule has 1 rings (SSSR count). The van der Waals surface area contributed by atoms with Crippen LogP contribution in [-0.2, 0) is 9.59 Å². The lowest BCUT2D eigenvalue weighted by Crippen LogP contribution is -2.41. The van der Waals surface area contributed by atoms with Crippen molar-refractivity contribution in [1.82, 2.24) is 15.5 Å². The minimum atomic E-state index is -0.172. The van der Waals surface area contributed by atoms with E-state index in [0.29, 0.717) is 11.8 Å². The van der Waals surface area contributed by atoms with Crippen LogP contribution >= 0.6 is 0 Å². The van der Waals surface area contributed by atoms with Crippen molar-refractivity contribution in [1.29, 1.82) is 0 Å². The molecule has 0 aliphatic heterocycles. The molecule has 0 spiro atoms. The third kappa shape index (κ3) is 6.32. The van der Waals surface area contributed by atoms with E-state index in [1.807, 2.05) is 0 Å². The van der Waals surface area contributed by atoms with Crippen LogP contribution in [-0.4, -0.2) is 43.9 Å². The van der Waals surface area contributed by atoms with Crippen molar-refractivity contribution in [2.24, 2.45) is 5.92 Å². The summed E-state index contributed by atoms with van der Waals surface area (Å²) in [5.74, 6) is 0.568. The summed E-state index contributed by atoms with van der Waals surface area (Å²) >= 11 is 0. The predicted octanol–water partition coefficient (Wildman–Crippen LogP) is 2.30. The molecular weight excluding hydrogens is 302 g/mol. The highest BCUT2D eigenvalue weighted by Gasteiger charge is 2.17. The molecule has 0 fully saturated rings. The van der Waals surface area contributed by atoms with Gasteiger partial charge in [-0.1, -0.05) is 52.0 Å². The summed E-state index contributed by atoms with van der Waals surface area (Å²) in [5.41, 5.74) is 2.48. The van der Waals surface area contributed by atoms with E-state index < -0.39 is 0 Å². The lowest BCUT2D eigenvalue weighted by molar-refractivity contribution is -0.130. The van der Waals surface area contributed by atoms with Crippen LogP contribution in [0.25, 0.3) is 0 Å². The number of carbonyl (C=O) groups is 2. The summed E-state index contributed by atoms with van der Waals surface area (Å²) in [6.45, 7) is 8.82. The standard InChI is InChI=1S/C19H31N3O2/c1-13(2)15-7-9-16(10-8-15)19(14(3)4)21-11-17(23)20-12-18(24)22(5)6/h7-10,13-14,19,21H,11-12H2,1-6H3,(H,20,23)/t19-/m1/s1. The van der Waals surface area contributed by atoms with E-state index in [1.54, 1.807) is 14.1 Å². The van der Waals surface area contributed by atoms with E-state index in [9.17, 15) is 9.59 Å². The van der Waals surface area contributed by atoms with Gasteiger partial charge in [0.2, 0.25) is 11.8 Å². The van der Waals surface area contributed by atoms with Crippen LogP contribution in [0.3, 0.4) is 0 Å². The number of likely N-dealkylation sites (N-methyl/N-ethyl adjacent to an activating group) is 1. The van der Waals surface area contributed by atoms with Crippen molar-refractivity contribution >= 4 is 11.8 Å². The number of amides is 2. The Morgan fingerprint density at radius 3 is 1.96 bits per heavy atom. The van der Waals surface area contributed by atoms with Crippen molar-refractivity contribution in [2.45, 2.75) is 39.7 Å². The number of carbonyl (C=O) groups excluding carboxylic acids is 2. The van der Waals surface area contributed by atoms with Gasteiger partial charge in [-0.15, -0.1) is 0 Å². The SMILES string of the molecule is CC(C)c1ccc([C@H](NCC(=O)NCC(=O)N(C)C)C(C)C)cc1. The van der Waals surface area contributed by atoms with E-state index in [0.717, 1.165) is 0 Å². The molecule has 134 valence electrons. The molecule has 1 aromatic carbocycles. The van der Waals surface area contributed by atoms with Crippen molar-refractivity contribution in [3.63, 3.8) is 0 Å². The van der Waals surface area contributed by atoms with Crippen LogP contribution < -0.4 is 10.6 Å². The maximum absolute atomic E-state index is 11.9. The highest BCUT2D eigenvalue weighted by Crippen LogP contribution is 2.23. The fourth-order valence-corrected chi connectivity index (χ4v) is 2.42. The van der Waals surface area contributed by atoms with Gasteiger partial charge in [0.15, 0.2) is 0 Å². The molecule has 5 heteroatoms. The number of hydrogen-bond acceptors (Lipinski definition) is 3. The zero-order valence-corrected chi connectivity index (χ0v) is 15.7. The Bertz CT molecular complexity index is 536. The van der Waals surface area contributed by atoms with E-state index in [4.69, 9.17) is 0 Å². The summed E-state index contributed by atoms with van der Waals surface area (Å²) in [6, 6.07) is 8.64. The van der Waals surface area contributed by atoms with Crippen molar-refractivity contribution in [3.05, 3.63) is 35.4 Å². The fraction of sp³-hybridized carbons (Fsp3) is 0.579. The maximum Gasteiger partial charge on any atom is 0.241 e. The second kappa shape index (κ2) is 9.42. The zero-order chi connectivity index (χ0) is 18.3. The first-order chi connectivity index (χ1) is 11.2. The lowest BCUT2D eigenvalue weighted by Gasteiger charge is -2.23. The molecule has 0 saturated carbocycles. The van der Waals surface area contributed by atoms with Gasteiger partial charge in [0.1, 0.15) is 0 Å². The minimum absolute atomic E-state index is 0.0307. The number of hydrogen-bond donors (Lipinski definition) is 2. The summed E-state index contributed by atoms with van der Waals surface area (Å²) in [5, 5.41) is 5.94. The Hall–Kier alpha value is -1.88. The summed E-state index contributed by atoms with van der Waals surface area (Å²) in [6.07, 6.45) is 0. The molecule has 1 aromatic rings. The highest BCUT2D eigenvalue weighted by molar-refractivity contribution is 5.85. The molecule has 24 heavy (non-hydrogen) atoms. The average Bonchev–Trinajstić information content (AvgIpc) is 2.52. The van der Waals surface area contributed by atoms with Crippen LogP contribution in [0.1, 0.15) is 50.8 Å². The quantitative estimate of drug-likeness (QED) is 0.767. The molecular formula is C19H31N3O2. The molecule has 0 radical (unpaired) electrons. The summed E-state index contributed by atoms with van der Waals surface area (Å²) in [7, 11) is 3.34. The average molecular weight is 333 g/mol. The van der Waals surface area contributed by atoms with Gasteiger partial charge in [-0.05, 0) is 23.0 Å². The third-order valence-corrected chi connectivity index (χ3v) is 4.05. The molecule has 0 aromatic heterocycles. The molecule has 0 aliphatic carbocycles. The first-order valence-corrected chi connectivity index (χ1v) is 8.52. The minimum Gasteiger partial charge on any atom is -0.347 e. The predicted molar refractivity (Wildman–Crippen MR) is 97.8 cm³/mol. The highest BCUT2D eigenvalue weighted by atomic mass is 16.2. The number of rotatable bonds is 8. The van der Waals surface area contributed by atoms with Gasteiger partial charge < -0.3 is 15.5 Å². The Morgan fingerprint density at radius 1 is 0.958 bits per heavy atom.